The first-order valence-corrected chi connectivity index (χ1v) is 11.5. The maximum absolute atomic E-state index is 13.7. The fraction of sp³-hybridized carbons (Fsp3) is 0.286. The number of carbonyl (C=O) groups is 2. The second-order valence-corrected chi connectivity index (χ2v) is 7.98. The summed E-state index contributed by atoms with van der Waals surface area (Å²) in [6, 6.07) is 21.9. The number of ether oxygens (including phenoxy) is 2. The Kier molecular flexibility index (Phi) is 9.65. The molecule has 0 unspecified atom stereocenters. The van der Waals surface area contributed by atoms with Gasteiger partial charge in [0.05, 0.1) is 19.3 Å². The third-order valence-corrected chi connectivity index (χ3v) is 5.48. The number of esters is 1. The molecule has 0 saturated heterocycles. The number of hydrogen-bond donors (Lipinski definition) is 1. The largest absolute Gasteiger partial charge is 0.494 e. The van der Waals surface area contributed by atoms with E-state index < -0.39 is 11.8 Å². The molecule has 0 bridgehead atoms. The highest BCUT2D eigenvalue weighted by Gasteiger charge is 2.15. The Morgan fingerprint density at radius 3 is 2.32 bits per heavy atom. The van der Waals surface area contributed by atoms with Crippen LogP contribution >= 0.6 is 0 Å². The first-order valence-electron chi connectivity index (χ1n) is 11.5. The van der Waals surface area contributed by atoms with Gasteiger partial charge in [-0.15, -0.1) is 0 Å². The summed E-state index contributed by atoms with van der Waals surface area (Å²) in [6.07, 6.45) is 5.03. The number of halogens is 1. The lowest BCUT2D eigenvalue weighted by atomic mass is 10.1. The first kappa shape index (κ1) is 25.0. The van der Waals surface area contributed by atoms with Gasteiger partial charge in [-0.25, -0.2) is 9.18 Å². The smallest absolute Gasteiger partial charge is 0.340 e. The number of benzene rings is 3. The summed E-state index contributed by atoms with van der Waals surface area (Å²) in [7, 11) is 1.16. The van der Waals surface area contributed by atoms with Gasteiger partial charge in [-0.05, 0) is 73.6 Å². The molecule has 0 radical (unpaired) electrons. The SMILES string of the molecule is COC(=O)c1cc(C(=O)NCCc2ccc(OCCCCCc3ccccc3)cc2)ccc1F. The van der Waals surface area contributed by atoms with Gasteiger partial charge in [0, 0.05) is 12.1 Å². The summed E-state index contributed by atoms with van der Waals surface area (Å²) in [5, 5.41) is 2.79. The zero-order chi connectivity index (χ0) is 24.2. The molecule has 0 aliphatic heterocycles. The van der Waals surface area contributed by atoms with Crippen molar-refractivity contribution >= 4 is 11.9 Å². The number of carbonyl (C=O) groups excluding carboxylic acids is 2. The lowest BCUT2D eigenvalue weighted by Gasteiger charge is -2.09. The highest BCUT2D eigenvalue weighted by atomic mass is 19.1. The third-order valence-electron chi connectivity index (χ3n) is 5.48. The van der Waals surface area contributed by atoms with Gasteiger partial charge in [-0.2, -0.15) is 0 Å². The quantitative estimate of drug-likeness (QED) is 0.289. The van der Waals surface area contributed by atoms with Crippen LogP contribution in [0.5, 0.6) is 5.75 Å². The van der Waals surface area contributed by atoms with Crippen molar-refractivity contribution < 1.29 is 23.5 Å². The Hall–Kier alpha value is -3.67. The third kappa shape index (κ3) is 7.73. The van der Waals surface area contributed by atoms with Crippen molar-refractivity contribution in [3.63, 3.8) is 0 Å². The Morgan fingerprint density at radius 2 is 1.59 bits per heavy atom. The van der Waals surface area contributed by atoms with Gasteiger partial charge in [-0.3, -0.25) is 4.79 Å². The van der Waals surface area contributed by atoms with Crippen LogP contribution in [0.15, 0.2) is 72.8 Å². The fourth-order valence-electron chi connectivity index (χ4n) is 3.55. The highest BCUT2D eigenvalue weighted by Crippen LogP contribution is 2.15. The number of amides is 1. The van der Waals surface area contributed by atoms with Crippen molar-refractivity contribution in [1.29, 1.82) is 0 Å². The predicted molar refractivity (Wildman–Crippen MR) is 130 cm³/mol. The lowest BCUT2D eigenvalue weighted by molar-refractivity contribution is 0.0595. The molecule has 0 atom stereocenters. The van der Waals surface area contributed by atoms with Crippen molar-refractivity contribution in [3.8, 4) is 5.75 Å². The number of aryl methyl sites for hydroxylation is 1. The van der Waals surface area contributed by atoms with E-state index in [1.807, 2.05) is 30.3 Å². The van der Waals surface area contributed by atoms with Gasteiger partial charge >= 0.3 is 5.97 Å². The molecule has 0 spiro atoms. The van der Waals surface area contributed by atoms with Gasteiger partial charge in [0.25, 0.3) is 5.91 Å². The first-order chi connectivity index (χ1) is 16.6. The highest BCUT2D eigenvalue weighted by molar-refractivity contribution is 5.98. The minimum absolute atomic E-state index is 0.203. The molecule has 1 N–H and O–H groups in total. The monoisotopic (exact) mass is 463 g/mol. The van der Waals surface area contributed by atoms with E-state index >= 15 is 0 Å². The molecule has 1 amide bonds. The topological polar surface area (TPSA) is 64.6 Å². The molecule has 34 heavy (non-hydrogen) atoms. The number of unbranched alkanes of at least 4 members (excludes halogenated alkanes) is 2. The molecule has 0 fully saturated rings. The average Bonchev–Trinajstić information content (AvgIpc) is 2.87. The summed E-state index contributed by atoms with van der Waals surface area (Å²) in [6.45, 7) is 1.10. The van der Waals surface area contributed by atoms with Crippen LogP contribution in [0.4, 0.5) is 4.39 Å². The Bertz CT molecular complexity index is 1070. The normalized spacial score (nSPS) is 10.5. The molecule has 178 valence electrons. The molecule has 5 nitrogen and oxygen atoms in total. The van der Waals surface area contributed by atoms with E-state index in [-0.39, 0.29) is 17.0 Å². The molecule has 0 aromatic heterocycles. The Labute approximate surface area is 199 Å². The second-order valence-electron chi connectivity index (χ2n) is 7.98. The molecule has 6 heteroatoms. The standard InChI is InChI=1S/C28H30FNO4/c1-33-28(32)25-20-23(13-16-26(25)29)27(31)30-18-17-22-11-14-24(15-12-22)34-19-7-3-6-10-21-8-4-2-5-9-21/h2,4-5,8-9,11-16,20H,3,6-7,10,17-19H2,1H3,(H,30,31). The van der Waals surface area contributed by atoms with E-state index in [9.17, 15) is 14.0 Å². The van der Waals surface area contributed by atoms with Gasteiger partial charge in [-0.1, -0.05) is 42.5 Å². The predicted octanol–water partition coefficient (Wildman–Crippen LogP) is 5.38. The van der Waals surface area contributed by atoms with Crippen LogP contribution in [0.25, 0.3) is 0 Å². The Balaban J connectivity index is 1.34. The summed E-state index contributed by atoms with van der Waals surface area (Å²) in [5.41, 5.74) is 2.37. The van der Waals surface area contributed by atoms with E-state index in [4.69, 9.17) is 4.74 Å². The molecule has 0 saturated carbocycles. The van der Waals surface area contributed by atoms with Gasteiger partial charge in [0.1, 0.15) is 11.6 Å². The molecule has 0 aliphatic rings. The average molecular weight is 464 g/mol. The Morgan fingerprint density at radius 1 is 0.853 bits per heavy atom. The van der Waals surface area contributed by atoms with Crippen molar-refractivity contribution in [2.24, 2.45) is 0 Å². The van der Waals surface area contributed by atoms with E-state index in [0.717, 1.165) is 50.2 Å². The second kappa shape index (κ2) is 13.1. The van der Waals surface area contributed by atoms with Crippen molar-refractivity contribution in [2.75, 3.05) is 20.3 Å². The molecular weight excluding hydrogens is 433 g/mol. The van der Waals surface area contributed by atoms with Crippen LogP contribution in [0, 0.1) is 5.82 Å². The maximum atomic E-state index is 13.7. The fourth-order valence-corrected chi connectivity index (χ4v) is 3.55. The van der Waals surface area contributed by atoms with Gasteiger partial charge in [0.2, 0.25) is 0 Å². The van der Waals surface area contributed by atoms with Gasteiger partial charge < -0.3 is 14.8 Å². The zero-order valence-corrected chi connectivity index (χ0v) is 19.4. The molecular formula is C28H30FNO4. The van der Waals surface area contributed by atoms with Crippen LogP contribution in [0.3, 0.4) is 0 Å². The maximum Gasteiger partial charge on any atom is 0.340 e. The van der Waals surface area contributed by atoms with E-state index in [1.54, 1.807) is 0 Å². The van der Waals surface area contributed by atoms with Crippen LogP contribution in [0.1, 0.15) is 51.1 Å². The summed E-state index contributed by atoms with van der Waals surface area (Å²) in [5.74, 6) is -1.09. The molecule has 3 aromatic carbocycles. The van der Waals surface area contributed by atoms with Crippen LogP contribution in [0.2, 0.25) is 0 Å². The molecule has 0 heterocycles. The minimum Gasteiger partial charge on any atom is -0.494 e. The van der Waals surface area contributed by atoms with E-state index in [0.29, 0.717) is 19.6 Å². The lowest BCUT2D eigenvalue weighted by Crippen LogP contribution is -2.26. The summed E-state index contributed by atoms with van der Waals surface area (Å²) >= 11 is 0. The van der Waals surface area contributed by atoms with Crippen LogP contribution in [-0.2, 0) is 17.6 Å². The van der Waals surface area contributed by atoms with Crippen molar-refractivity contribution in [3.05, 3.63) is 101 Å². The minimum atomic E-state index is -0.818. The number of methoxy groups -OCH3 is 1. The van der Waals surface area contributed by atoms with E-state index in [1.165, 1.54) is 17.7 Å². The summed E-state index contributed by atoms with van der Waals surface area (Å²) < 4.78 is 24.1. The van der Waals surface area contributed by atoms with Crippen LogP contribution in [-0.4, -0.2) is 32.1 Å². The molecule has 3 aromatic rings. The van der Waals surface area contributed by atoms with Crippen molar-refractivity contribution in [1.82, 2.24) is 5.32 Å². The molecule has 0 aliphatic carbocycles. The van der Waals surface area contributed by atoms with Crippen LogP contribution < -0.4 is 10.1 Å². The number of rotatable bonds is 12. The number of nitrogens with one attached hydrogen (secondary N) is 1. The summed E-state index contributed by atoms with van der Waals surface area (Å²) in [4.78, 5) is 23.9. The number of hydrogen-bond acceptors (Lipinski definition) is 4. The zero-order valence-electron chi connectivity index (χ0n) is 19.4. The molecule has 3 rings (SSSR count). The van der Waals surface area contributed by atoms with E-state index in [2.05, 4.69) is 34.3 Å². The van der Waals surface area contributed by atoms with Crippen molar-refractivity contribution in [2.45, 2.75) is 32.1 Å². The van der Waals surface area contributed by atoms with Gasteiger partial charge in [0.15, 0.2) is 0 Å².